The molecule has 0 spiro atoms. The van der Waals surface area contributed by atoms with E-state index in [9.17, 15) is 22.8 Å². The lowest BCUT2D eigenvalue weighted by Gasteiger charge is -2.43. The molecule has 42 heavy (non-hydrogen) atoms. The molecule has 224 valence electrons. The molecule has 1 aromatic heterocycles. The maximum atomic E-state index is 13.4. The average molecular weight is 604 g/mol. The number of amides is 2. The number of aromatic nitrogens is 1. The Kier molecular flexibility index (Phi) is 9.95. The van der Waals surface area contributed by atoms with E-state index in [1.54, 1.807) is 17.3 Å². The van der Waals surface area contributed by atoms with Gasteiger partial charge in [0.15, 0.2) is 0 Å². The molecule has 1 aliphatic rings. The largest absolute Gasteiger partial charge is 0.492 e. The Labute approximate surface area is 247 Å². The minimum atomic E-state index is -4.56. The predicted molar refractivity (Wildman–Crippen MR) is 156 cm³/mol. The van der Waals surface area contributed by atoms with E-state index in [1.807, 2.05) is 38.1 Å². The van der Waals surface area contributed by atoms with Crippen LogP contribution >= 0.6 is 11.6 Å². The molecule has 0 unspecified atom stereocenters. The number of rotatable bonds is 9. The van der Waals surface area contributed by atoms with Crippen LogP contribution in [0.15, 0.2) is 54.9 Å². The van der Waals surface area contributed by atoms with Crippen LogP contribution in [-0.2, 0) is 6.18 Å². The van der Waals surface area contributed by atoms with Crippen molar-refractivity contribution in [1.29, 1.82) is 0 Å². The number of nitrogens with two attached hydrogens (primary N) is 1. The van der Waals surface area contributed by atoms with Gasteiger partial charge in [-0.2, -0.15) is 13.2 Å². The summed E-state index contributed by atoms with van der Waals surface area (Å²) in [5, 5.41) is 2.61. The van der Waals surface area contributed by atoms with E-state index in [-0.39, 0.29) is 35.6 Å². The summed E-state index contributed by atoms with van der Waals surface area (Å²) in [6, 6.07) is 10.0. The highest BCUT2D eigenvalue weighted by Gasteiger charge is 2.34. The summed E-state index contributed by atoms with van der Waals surface area (Å²) in [7, 11) is 0. The number of carbonyl (C=O) groups is 2. The number of ether oxygens (including phenoxy) is 1. The molecule has 0 aliphatic carbocycles. The molecule has 12 heteroatoms. The Bertz CT molecular complexity index is 1440. The Morgan fingerprint density at radius 1 is 1.12 bits per heavy atom. The van der Waals surface area contributed by atoms with Gasteiger partial charge in [-0.1, -0.05) is 24.6 Å². The summed E-state index contributed by atoms with van der Waals surface area (Å²) < 4.78 is 45.0. The summed E-state index contributed by atoms with van der Waals surface area (Å²) in [5.41, 5.74) is 7.46. The molecule has 2 amide bonds. The van der Waals surface area contributed by atoms with Crippen LogP contribution < -0.4 is 20.7 Å². The van der Waals surface area contributed by atoms with Gasteiger partial charge >= 0.3 is 6.18 Å². The first kappa shape index (κ1) is 31.1. The molecule has 8 nitrogen and oxygen atoms in total. The van der Waals surface area contributed by atoms with Crippen molar-refractivity contribution in [1.82, 2.24) is 15.2 Å². The monoisotopic (exact) mass is 603 g/mol. The van der Waals surface area contributed by atoms with Gasteiger partial charge in [0.2, 0.25) is 0 Å². The van der Waals surface area contributed by atoms with Gasteiger partial charge in [-0.05, 0) is 55.3 Å². The molecular weight excluding hydrogens is 571 g/mol. The number of hydrogen-bond acceptors (Lipinski definition) is 6. The molecule has 4 rings (SSSR count). The first-order valence-electron chi connectivity index (χ1n) is 13.7. The lowest BCUT2D eigenvalue weighted by Crippen LogP contribution is -2.55. The smallest absolute Gasteiger partial charge is 0.416 e. The highest BCUT2D eigenvalue weighted by Crippen LogP contribution is 2.36. The van der Waals surface area contributed by atoms with E-state index in [2.05, 4.69) is 15.2 Å². The van der Waals surface area contributed by atoms with Crippen molar-refractivity contribution < 1.29 is 27.5 Å². The highest BCUT2D eigenvalue weighted by molar-refractivity contribution is 6.33. The number of hydrogen-bond donors (Lipinski definition) is 2. The fourth-order valence-corrected chi connectivity index (χ4v) is 5.31. The number of nitrogens with one attached hydrogen (secondary N) is 1. The quantitative estimate of drug-likeness (QED) is 0.347. The van der Waals surface area contributed by atoms with Crippen molar-refractivity contribution >= 4 is 29.1 Å². The number of anilines is 1. The van der Waals surface area contributed by atoms with Crippen molar-refractivity contribution in [3.63, 3.8) is 0 Å². The van der Waals surface area contributed by atoms with Crippen molar-refractivity contribution in [3.05, 3.63) is 76.6 Å². The van der Waals surface area contributed by atoms with Gasteiger partial charge in [-0.3, -0.25) is 14.6 Å². The second-order valence-corrected chi connectivity index (χ2v) is 10.2. The van der Waals surface area contributed by atoms with Gasteiger partial charge in [-0.15, -0.1) is 0 Å². The molecule has 0 radical (unpaired) electrons. The van der Waals surface area contributed by atoms with E-state index < -0.39 is 17.6 Å². The summed E-state index contributed by atoms with van der Waals surface area (Å²) in [6.07, 6.45) is -0.621. The number of piperazine rings is 1. The SMILES string of the molecule is CCOc1cnccc1-c1ccc(N2CCN(C(=O)c3ccc(C(F)(F)F)cc3Cl)C[C@H]2CC)c(C(=O)NCCN)c1. The number of alkyl halides is 3. The normalized spacial score (nSPS) is 15.5. The summed E-state index contributed by atoms with van der Waals surface area (Å²) >= 11 is 6.11. The van der Waals surface area contributed by atoms with Crippen molar-refractivity contribution in [3.8, 4) is 16.9 Å². The van der Waals surface area contributed by atoms with Crippen molar-refractivity contribution in [2.75, 3.05) is 44.2 Å². The first-order valence-corrected chi connectivity index (χ1v) is 14.1. The van der Waals surface area contributed by atoms with Gasteiger partial charge in [0, 0.05) is 56.2 Å². The van der Waals surface area contributed by atoms with Crippen LogP contribution in [-0.4, -0.2) is 67.1 Å². The van der Waals surface area contributed by atoms with Gasteiger partial charge in [-0.25, -0.2) is 0 Å². The highest BCUT2D eigenvalue weighted by atomic mass is 35.5. The fraction of sp³-hybridized carbons (Fsp3) is 0.367. The summed E-state index contributed by atoms with van der Waals surface area (Å²) in [5.74, 6) is -0.125. The Hall–Kier alpha value is -3.83. The lowest BCUT2D eigenvalue weighted by molar-refractivity contribution is -0.137. The van der Waals surface area contributed by atoms with Gasteiger partial charge in [0.25, 0.3) is 11.8 Å². The zero-order chi connectivity index (χ0) is 30.4. The topological polar surface area (TPSA) is 101 Å². The van der Waals surface area contributed by atoms with Crippen molar-refractivity contribution in [2.45, 2.75) is 32.5 Å². The van der Waals surface area contributed by atoms with Crippen LogP contribution in [0.3, 0.4) is 0 Å². The molecule has 3 N–H and O–H groups in total. The molecule has 3 aromatic rings. The zero-order valence-electron chi connectivity index (χ0n) is 23.4. The number of carbonyl (C=O) groups excluding carboxylic acids is 2. The molecular formula is C30H33ClF3N5O3. The molecule has 0 saturated carbocycles. The third kappa shape index (κ3) is 6.79. The minimum absolute atomic E-state index is 0.0154. The standard InChI is InChI=1S/C30H33ClF3N5O3/c1-3-21-18-38(29(41)23-7-6-20(16-25(23)31)30(32,33)34)13-14-39(21)26-8-5-19(15-24(26)28(40)37-12-10-35)22-9-11-36-17-27(22)42-4-2/h5-9,11,15-17,21H,3-4,10,12-14,18,35H2,1-2H3,(H,37,40)/t21-/m1/s1. The van der Waals surface area contributed by atoms with Gasteiger partial charge in [0.1, 0.15) is 5.75 Å². The Balaban J connectivity index is 1.64. The summed E-state index contributed by atoms with van der Waals surface area (Å²) in [6.45, 7) is 5.89. The molecule has 1 saturated heterocycles. The lowest BCUT2D eigenvalue weighted by atomic mass is 9.98. The Morgan fingerprint density at radius 2 is 1.90 bits per heavy atom. The van der Waals surface area contributed by atoms with Crippen LogP contribution in [0.2, 0.25) is 5.02 Å². The van der Waals surface area contributed by atoms with E-state index in [1.165, 1.54) is 0 Å². The first-order chi connectivity index (χ1) is 20.1. The van der Waals surface area contributed by atoms with E-state index in [4.69, 9.17) is 22.1 Å². The van der Waals surface area contributed by atoms with Gasteiger partial charge < -0.3 is 25.6 Å². The molecule has 1 aliphatic heterocycles. The molecule has 2 aromatic carbocycles. The second kappa shape index (κ2) is 13.4. The second-order valence-electron chi connectivity index (χ2n) is 9.78. The zero-order valence-corrected chi connectivity index (χ0v) is 24.1. The summed E-state index contributed by atoms with van der Waals surface area (Å²) in [4.78, 5) is 34.5. The fourth-order valence-electron chi connectivity index (χ4n) is 5.05. The van der Waals surface area contributed by atoms with E-state index >= 15 is 0 Å². The van der Waals surface area contributed by atoms with Crippen LogP contribution in [0.5, 0.6) is 5.75 Å². The van der Waals surface area contributed by atoms with Crippen LogP contribution in [0.25, 0.3) is 11.1 Å². The number of nitrogens with zero attached hydrogens (tertiary/aromatic N) is 3. The third-order valence-electron chi connectivity index (χ3n) is 7.14. The molecule has 1 fully saturated rings. The minimum Gasteiger partial charge on any atom is -0.492 e. The van der Waals surface area contributed by atoms with Gasteiger partial charge in [0.05, 0.1) is 34.5 Å². The maximum absolute atomic E-state index is 13.4. The maximum Gasteiger partial charge on any atom is 0.416 e. The third-order valence-corrected chi connectivity index (χ3v) is 7.46. The van der Waals surface area contributed by atoms with E-state index in [0.717, 1.165) is 29.3 Å². The Morgan fingerprint density at radius 3 is 2.57 bits per heavy atom. The number of benzene rings is 2. The van der Waals surface area contributed by atoms with Crippen molar-refractivity contribution in [2.24, 2.45) is 5.73 Å². The number of halogens is 4. The molecule has 2 heterocycles. The molecule has 0 bridgehead atoms. The molecule has 1 atom stereocenters. The van der Waals surface area contributed by atoms with E-state index in [0.29, 0.717) is 49.7 Å². The number of pyridine rings is 1. The predicted octanol–water partition coefficient (Wildman–Crippen LogP) is 5.25. The van der Waals surface area contributed by atoms with Crippen LogP contribution in [0.4, 0.5) is 18.9 Å². The average Bonchev–Trinajstić information content (AvgIpc) is 2.99. The van der Waals surface area contributed by atoms with Crippen LogP contribution in [0, 0.1) is 0 Å². The van der Waals surface area contributed by atoms with Crippen LogP contribution in [0.1, 0.15) is 46.5 Å².